The first-order chi connectivity index (χ1) is 18.1. The molecule has 5 aromatic rings. The predicted octanol–water partition coefficient (Wildman–Crippen LogP) is 9.40. The number of benzene rings is 3. The smallest absolute Gasteiger partial charge is 0.216 e. The van der Waals surface area contributed by atoms with E-state index in [4.69, 9.17) is 4.42 Å². The summed E-state index contributed by atoms with van der Waals surface area (Å²) in [5.41, 5.74) is 13.9. The molecule has 194 valence electrons. The average Bonchev–Trinajstić information content (AvgIpc) is 3.36. The van der Waals surface area contributed by atoms with Crippen molar-refractivity contribution in [2.45, 2.75) is 66.7 Å². The van der Waals surface area contributed by atoms with E-state index in [9.17, 15) is 0 Å². The molecule has 0 saturated carbocycles. The zero-order chi connectivity index (χ0) is 27.1. The Morgan fingerprint density at radius 1 is 0.737 bits per heavy atom. The first kappa shape index (κ1) is 24.9. The summed E-state index contributed by atoms with van der Waals surface area (Å²) in [6.07, 6.45) is 2.26. The van der Waals surface area contributed by atoms with E-state index in [1.165, 1.54) is 61.0 Å². The van der Waals surface area contributed by atoms with E-state index < -0.39 is 0 Å². The highest BCUT2D eigenvalue weighted by molar-refractivity contribution is 6.11. The van der Waals surface area contributed by atoms with Gasteiger partial charge >= 0.3 is 0 Å². The Morgan fingerprint density at radius 3 is 2.13 bits per heavy atom. The van der Waals surface area contributed by atoms with E-state index in [-0.39, 0.29) is 5.41 Å². The van der Waals surface area contributed by atoms with E-state index in [1.807, 2.05) is 0 Å². The van der Waals surface area contributed by atoms with E-state index in [0.717, 1.165) is 11.2 Å². The number of nitrogens with zero attached hydrogens (tertiary/aromatic N) is 1. The Bertz CT molecular complexity index is 1720. The van der Waals surface area contributed by atoms with Crippen molar-refractivity contribution in [3.8, 4) is 22.4 Å². The highest BCUT2D eigenvalue weighted by Crippen LogP contribution is 2.57. The molecule has 0 atom stereocenters. The number of aryl methyl sites for hydroxylation is 3. The zero-order valence-electron chi connectivity index (χ0n) is 24.4. The quantitative estimate of drug-likeness (QED) is 0.224. The summed E-state index contributed by atoms with van der Waals surface area (Å²) in [4.78, 5) is 0. The van der Waals surface area contributed by atoms with E-state index in [2.05, 4.69) is 128 Å². The highest BCUT2D eigenvalue weighted by atomic mass is 16.3. The van der Waals surface area contributed by atoms with Crippen molar-refractivity contribution in [3.05, 3.63) is 88.6 Å². The molecule has 2 heteroatoms. The van der Waals surface area contributed by atoms with Crippen LogP contribution in [0.15, 0.2) is 65.2 Å². The van der Waals surface area contributed by atoms with Gasteiger partial charge in [-0.25, -0.2) is 4.57 Å². The number of hydrogen-bond donors (Lipinski definition) is 0. The van der Waals surface area contributed by atoms with Gasteiger partial charge < -0.3 is 4.42 Å². The Kier molecular flexibility index (Phi) is 5.61. The molecule has 1 aliphatic carbocycles. The van der Waals surface area contributed by atoms with Crippen LogP contribution in [-0.2, 0) is 12.5 Å². The van der Waals surface area contributed by atoms with Crippen LogP contribution in [-0.4, -0.2) is 0 Å². The summed E-state index contributed by atoms with van der Waals surface area (Å²) in [5.74, 6) is 1.39. The lowest BCUT2D eigenvalue weighted by Crippen LogP contribution is -2.37. The molecule has 0 spiro atoms. The summed E-state index contributed by atoms with van der Waals surface area (Å²) in [6.45, 7) is 18.5. The van der Waals surface area contributed by atoms with Gasteiger partial charge in [-0.15, -0.1) is 0 Å². The van der Waals surface area contributed by atoms with Crippen LogP contribution >= 0.6 is 0 Å². The lowest BCUT2D eigenvalue weighted by Gasteiger charge is -2.40. The summed E-state index contributed by atoms with van der Waals surface area (Å²) in [5, 5.41) is 2.40. The molecule has 0 aliphatic heterocycles. The van der Waals surface area contributed by atoms with E-state index in [0.29, 0.717) is 17.8 Å². The second-order valence-corrected chi connectivity index (χ2v) is 12.4. The fourth-order valence-electron chi connectivity index (χ4n) is 7.67. The van der Waals surface area contributed by atoms with Crippen LogP contribution in [0.5, 0.6) is 0 Å². The third-order valence-corrected chi connectivity index (χ3v) is 9.31. The van der Waals surface area contributed by atoms with Crippen LogP contribution < -0.4 is 4.57 Å². The van der Waals surface area contributed by atoms with Crippen molar-refractivity contribution in [1.82, 2.24) is 0 Å². The van der Waals surface area contributed by atoms with Gasteiger partial charge in [-0.3, -0.25) is 0 Å². The molecule has 3 aromatic carbocycles. The number of aromatic nitrogens is 1. The molecule has 2 heterocycles. The van der Waals surface area contributed by atoms with Gasteiger partial charge in [-0.2, -0.15) is 0 Å². The topological polar surface area (TPSA) is 17.0 Å². The average molecular weight is 503 g/mol. The van der Waals surface area contributed by atoms with Gasteiger partial charge in [0, 0.05) is 27.8 Å². The lowest BCUT2D eigenvalue weighted by atomic mass is 9.63. The van der Waals surface area contributed by atoms with Crippen molar-refractivity contribution in [1.29, 1.82) is 0 Å². The third-order valence-electron chi connectivity index (χ3n) is 9.31. The molecule has 2 aromatic heterocycles. The number of fused-ring (bicyclic) bond motifs is 6. The summed E-state index contributed by atoms with van der Waals surface area (Å²) < 4.78 is 9.13. The van der Waals surface area contributed by atoms with Gasteiger partial charge in [-0.05, 0) is 77.1 Å². The minimum absolute atomic E-state index is 0.0343. The largest absolute Gasteiger partial charge is 0.455 e. The van der Waals surface area contributed by atoms with E-state index in [1.54, 1.807) is 0 Å². The van der Waals surface area contributed by atoms with Crippen molar-refractivity contribution in [2.75, 3.05) is 0 Å². The minimum Gasteiger partial charge on any atom is -0.455 e. The van der Waals surface area contributed by atoms with Crippen LogP contribution in [0, 0.1) is 25.7 Å². The molecule has 0 fully saturated rings. The van der Waals surface area contributed by atoms with Crippen LogP contribution in [0.25, 0.3) is 44.3 Å². The zero-order valence-corrected chi connectivity index (χ0v) is 24.4. The maximum Gasteiger partial charge on any atom is 0.216 e. The molecule has 0 unspecified atom stereocenters. The molecule has 6 rings (SSSR count). The van der Waals surface area contributed by atoms with Crippen LogP contribution in [0.1, 0.15) is 75.3 Å². The van der Waals surface area contributed by atoms with Crippen molar-refractivity contribution in [3.63, 3.8) is 0 Å². The Balaban J connectivity index is 1.69. The first-order valence-electron chi connectivity index (χ1n) is 14.2. The molecular weight excluding hydrogens is 462 g/mol. The molecular formula is C36H40NO+. The second-order valence-electron chi connectivity index (χ2n) is 12.4. The Labute approximate surface area is 227 Å². The fraction of sp³-hybridized carbons (Fsp3) is 0.361. The number of furan rings is 1. The number of rotatable bonds is 4. The van der Waals surface area contributed by atoms with Crippen LogP contribution in [0.3, 0.4) is 0 Å². The van der Waals surface area contributed by atoms with Crippen LogP contribution in [0.2, 0.25) is 0 Å². The van der Waals surface area contributed by atoms with Crippen molar-refractivity contribution < 1.29 is 8.98 Å². The Morgan fingerprint density at radius 2 is 1.45 bits per heavy atom. The van der Waals surface area contributed by atoms with Crippen molar-refractivity contribution in [2.24, 2.45) is 18.9 Å². The second kappa shape index (κ2) is 8.56. The van der Waals surface area contributed by atoms with Gasteiger partial charge in [0.05, 0.1) is 5.56 Å². The molecule has 38 heavy (non-hydrogen) atoms. The van der Waals surface area contributed by atoms with Crippen LogP contribution in [0.4, 0.5) is 0 Å². The SMILES string of the molecule is Cc1c[n+](C)c(-c2c(C)ccc3c2oc2cc4c(cc23)-c2ccccc2C4(C(C)C)C(C)C)cc1C(C)C. The molecule has 2 nitrogen and oxygen atoms in total. The van der Waals surface area contributed by atoms with Gasteiger partial charge in [0.25, 0.3) is 0 Å². The first-order valence-corrected chi connectivity index (χ1v) is 14.2. The molecule has 0 amide bonds. The van der Waals surface area contributed by atoms with Crippen molar-refractivity contribution >= 4 is 21.9 Å². The molecule has 0 N–H and O–H groups in total. The fourth-order valence-corrected chi connectivity index (χ4v) is 7.67. The third kappa shape index (κ3) is 3.22. The molecule has 1 aliphatic rings. The van der Waals surface area contributed by atoms with Gasteiger partial charge in [0.2, 0.25) is 5.69 Å². The maximum atomic E-state index is 6.87. The maximum absolute atomic E-state index is 6.87. The monoisotopic (exact) mass is 502 g/mol. The highest BCUT2D eigenvalue weighted by Gasteiger charge is 2.48. The molecule has 0 radical (unpaired) electrons. The standard InChI is InChI=1S/C36H40NO/c1-20(2)27-17-32(37(9)19-24(27)8)34-23(7)14-15-26-29-16-28-25-12-10-11-13-30(25)36(21(3)4,22(5)6)31(28)18-33(29)38-35(26)34/h10-22H,1-9H3/q+1. The number of hydrogen-bond acceptors (Lipinski definition) is 1. The van der Waals surface area contributed by atoms with Gasteiger partial charge in [0.15, 0.2) is 6.20 Å². The molecule has 0 bridgehead atoms. The summed E-state index contributed by atoms with van der Waals surface area (Å²) >= 11 is 0. The summed E-state index contributed by atoms with van der Waals surface area (Å²) in [6, 6.07) is 20.7. The summed E-state index contributed by atoms with van der Waals surface area (Å²) in [7, 11) is 2.15. The van der Waals surface area contributed by atoms with Gasteiger partial charge in [-0.1, -0.05) is 77.9 Å². The normalized spacial score (nSPS) is 14.3. The minimum atomic E-state index is -0.0343. The van der Waals surface area contributed by atoms with Gasteiger partial charge in [0.1, 0.15) is 18.2 Å². The Hall–Kier alpha value is -3.39. The lowest BCUT2D eigenvalue weighted by molar-refractivity contribution is -0.660. The van der Waals surface area contributed by atoms with E-state index >= 15 is 0 Å². The number of pyridine rings is 1. The predicted molar refractivity (Wildman–Crippen MR) is 160 cm³/mol. The molecule has 0 saturated heterocycles.